The number of anilines is 2. The highest BCUT2D eigenvalue weighted by molar-refractivity contribution is 6.42. The zero-order valence-electron chi connectivity index (χ0n) is 10.0. The van der Waals surface area contributed by atoms with E-state index in [2.05, 4.69) is 10.6 Å². The molecular formula is C13H14Cl2N2O. The smallest absolute Gasteiger partial charge is 0.232 e. The van der Waals surface area contributed by atoms with Gasteiger partial charge in [0.2, 0.25) is 5.91 Å². The second-order valence-corrected chi connectivity index (χ2v) is 6.09. The molecule has 1 aliphatic heterocycles. The summed E-state index contributed by atoms with van der Waals surface area (Å²) in [5.74, 6) is 0.0645. The van der Waals surface area contributed by atoms with Crippen LogP contribution in [0.2, 0.25) is 10.0 Å². The molecule has 2 unspecified atom stereocenters. The average Bonchev–Trinajstić information content (AvgIpc) is 2.64. The van der Waals surface area contributed by atoms with Crippen molar-refractivity contribution in [2.75, 3.05) is 10.6 Å². The maximum atomic E-state index is 12.3. The van der Waals surface area contributed by atoms with Crippen molar-refractivity contribution in [1.29, 1.82) is 0 Å². The van der Waals surface area contributed by atoms with Gasteiger partial charge in [-0.2, -0.15) is 0 Å². The van der Waals surface area contributed by atoms with Crippen LogP contribution in [-0.4, -0.2) is 11.9 Å². The first-order chi connectivity index (χ1) is 8.50. The van der Waals surface area contributed by atoms with Crippen molar-refractivity contribution in [3.05, 3.63) is 22.2 Å². The first kappa shape index (κ1) is 12.1. The maximum Gasteiger partial charge on any atom is 0.232 e. The molecule has 2 N–H and O–H groups in total. The van der Waals surface area contributed by atoms with Gasteiger partial charge < -0.3 is 10.6 Å². The molecule has 96 valence electrons. The molecule has 1 amide bonds. The minimum absolute atomic E-state index is 0.0645. The highest BCUT2D eigenvalue weighted by atomic mass is 35.5. The van der Waals surface area contributed by atoms with Crippen LogP contribution in [0.3, 0.4) is 0 Å². The summed E-state index contributed by atoms with van der Waals surface area (Å²) in [6.07, 6.45) is 2.98. The monoisotopic (exact) mass is 284 g/mol. The lowest BCUT2D eigenvalue weighted by molar-refractivity contribution is -0.124. The number of amides is 1. The van der Waals surface area contributed by atoms with Gasteiger partial charge in [-0.15, -0.1) is 0 Å². The average molecular weight is 285 g/mol. The minimum Gasteiger partial charge on any atom is -0.380 e. The van der Waals surface area contributed by atoms with Crippen LogP contribution in [-0.2, 0) is 4.79 Å². The van der Waals surface area contributed by atoms with E-state index in [1.54, 1.807) is 12.1 Å². The van der Waals surface area contributed by atoms with E-state index in [-0.39, 0.29) is 17.4 Å². The molecule has 3 rings (SSSR count). The van der Waals surface area contributed by atoms with Gasteiger partial charge in [0.25, 0.3) is 0 Å². The molecule has 0 radical (unpaired) electrons. The van der Waals surface area contributed by atoms with Crippen LogP contribution in [0.1, 0.15) is 26.2 Å². The molecule has 0 spiro atoms. The number of carbonyl (C=O) groups is 1. The molecule has 1 fully saturated rings. The van der Waals surface area contributed by atoms with E-state index in [0.29, 0.717) is 15.7 Å². The molecule has 3 nitrogen and oxygen atoms in total. The number of hydrogen-bond donors (Lipinski definition) is 2. The molecule has 2 aliphatic rings. The van der Waals surface area contributed by atoms with Crippen LogP contribution >= 0.6 is 23.2 Å². The van der Waals surface area contributed by atoms with Gasteiger partial charge in [0.1, 0.15) is 0 Å². The maximum absolute atomic E-state index is 12.3. The van der Waals surface area contributed by atoms with Gasteiger partial charge in [0.15, 0.2) is 0 Å². The molecule has 1 saturated carbocycles. The van der Waals surface area contributed by atoms with Crippen LogP contribution in [0.25, 0.3) is 0 Å². The molecule has 18 heavy (non-hydrogen) atoms. The number of rotatable bonds is 0. The summed E-state index contributed by atoms with van der Waals surface area (Å²) < 4.78 is 0. The van der Waals surface area contributed by atoms with E-state index < -0.39 is 0 Å². The SMILES string of the molecule is CC12CCCC1Nc1cc(Cl)c(Cl)cc1NC2=O. The van der Waals surface area contributed by atoms with Gasteiger partial charge in [-0.1, -0.05) is 29.6 Å². The van der Waals surface area contributed by atoms with Gasteiger partial charge >= 0.3 is 0 Å². The van der Waals surface area contributed by atoms with Crippen LogP contribution < -0.4 is 10.6 Å². The van der Waals surface area contributed by atoms with E-state index in [1.807, 2.05) is 6.92 Å². The molecule has 0 bridgehead atoms. The van der Waals surface area contributed by atoms with Crippen molar-refractivity contribution >= 4 is 40.5 Å². The first-order valence-corrected chi connectivity index (χ1v) is 6.83. The number of carbonyl (C=O) groups excluding carboxylic acids is 1. The molecule has 1 aliphatic carbocycles. The van der Waals surface area contributed by atoms with E-state index in [1.165, 1.54) is 0 Å². The zero-order chi connectivity index (χ0) is 12.9. The van der Waals surface area contributed by atoms with E-state index in [9.17, 15) is 4.79 Å². The topological polar surface area (TPSA) is 41.1 Å². The summed E-state index contributed by atoms with van der Waals surface area (Å²) in [7, 11) is 0. The van der Waals surface area contributed by atoms with Gasteiger partial charge in [-0.05, 0) is 31.9 Å². The summed E-state index contributed by atoms with van der Waals surface area (Å²) in [5, 5.41) is 7.34. The fourth-order valence-electron chi connectivity index (χ4n) is 2.89. The van der Waals surface area contributed by atoms with Gasteiger partial charge in [0.05, 0.1) is 26.8 Å². The van der Waals surface area contributed by atoms with Gasteiger partial charge in [-0.3, -0.25) is 4.79 Å². The molecule has 5 heteroatoms. The molecular weight excluding hydrogens is 271 g/mol. The van der Waals surface area contributed by atoms with Crippen LogP contribution in [0, 0.1) is 5.41 Å². The summed E-state index contributed by atoms with van der Waals surface area (Å²) in [5.41, 5.74) is 1.22. The molecule has 0 aromatic heterocycles. The Labute approximate surface area is 116 Å². The second-order valence-electron chi connectivity index (χ2n) is 5.27. The fourth-order valence-corrected chi connectivity index (χ4v) is 3.22. The highest BCUT2D eigenvalue weighted by Gasteiger charge is 2.46. The Morgan fingerprint density at radius 2 is 1.94 bits per heavy atom. The van der Waals surface area contributed by atoms with Crippen LogP contribution in [0.4, 0.5) is 11.4 Å². The number of halogens is 2. The fraction of sp³-hybridized carbons (Fsp3) is 0.462. The third-order valence-corrected chi connectivity index (χ3v) is 4.84. The van der Waals surface area contributed by atoms with Gasteiger partial charge in [0, 0.05) is 6.04 Å². The third kappa shape index (κ3) is 1.69. The minimum atomic E-state index is -0.349. The summed E-state index contributed by atoms with van der Waals surface area (Å²) in [6, 6.07) is 3.65. The number of benzene rings is 1. The standard InChI is InChI=1S/C13H14Cl2N2O/c1-13-4-2-3-11(13)16-9-5-7(14)8(15)6-10(9)17-12(13)18/h5-6,11,16H,2-4H2,1H3,(H,17,18). The predicted molar refractivity (Wildman–Crippen MR) is 74.5 cm³/mol. The van der Waals surface area contributed by atoms with Crippen molar-refractivity contribution in [3.8, 4) is 0 Å². The first-order valence-electron chi connectivity index (χ1n) is 6.08. The third-order valence-electron chi connectivity index (χ3n) is 4.12. The summed E-state index contributed by atoms with van der Waals surface area (Å²) in [6.45, 7) is 2.02. The Kier molecular flexibility index (Phi) is 2.72. The lowest BCUT2D eigenvalue weighted by Gasteiger charge is -2.27. The van der Waals surface area contributed by atoms with Crippen molar-refractivity contribution in [1.82, 2.24) is 0 Å². The predicted octanol–water partition coefficient (Wildman–Crippen LogP) is 3.92. The molecule has 1 heterocycles. The Morgan fingerprint density at radius 3 is 2.67 bits per heavy atom. The van der Waals surface area contributed by atoms with E-state index >= 15 is 0 Å². The highest BCUT2D eigenvalue weighted by Crippen LogP contribution is 2.45. The molecule has 2 atom stereocenters. The lowest BCUT2D eigenvalue weighted by atomic mass is 9.84. The van der Waals surface area contributed by atoms with Crippen molar-refractivity contribution in [2.24, 2.45) is 5.41 Å². The van der Waals surface area contributed by atoms with E-state index in [4.69, 9.17) is 23.2 Å². The quantitative estimate of drug-likeness (QED) is 0.758. The second kappa shape index (κ2) is 4.04. The van der Waals surface area contributed by atoms with Gasteiger partial charge in [-0.25, -0.2) is 0 Å². The number of hydrogen-bond acceptors (Lipinski definition) is 2. The van der Waals surface area contributed by atoms with Crippen LogP contribution in [0.15, 0.2) is 12.1 Å². The molecule has 1 aromatic carbocycles. The van der Waals surface area contributed by atoms with Crippen molar-refractivity contribution in [3.63, 3.8) is 0 Å². The van der Waals surface area contributed by atoms with E-state index in [0.717, 1.165) is 24.9 Å². The van der Waals surface area contributed by atoms with Crippen molar-refractivity contribution < 1.29 is 4.79 Å². The zero-order valence-corrected chi connectivity index (χ0v) is 11.5. The Bertz CT molecular complexity index is 532. The summed E-state index contributed by atoms with van der Waals surface area (Å²) in [4.78, 5) is 12.3. The molecule has 0 saturated heterocycles. The van der Waals surface area contributed by atoms with Crippen molar-refractivity contribution in [2.45, 2.75) is 32.2 Å². The Morgan fingerprint density at radius 1 is 1.28 bits per heavy atom. The molecule has 1 aromatic rings. The number of fused-ring (bicyclic) bond motifs is 2. The number of nitrogens with one attached hydrogen (secondary N) is 2. The normalized spacial score (nSPS) is 29.9. The lowest BCUT2D eigenvalue weighted by Crippen LogP contribution is -2.41. The Balaban J connectivity index is 2.08. The van der Waals surface area contributed by atoms with Crippen LogP contribution in [0.5, 0.6) is 0 Å². The summed E-state index contributed by atoms with van der Waals surface area (Å²) >= 11 is 12.0. The largest absolute Gasteiger partial charge is 0.380 e. The Hall–Kier alpha value is -0.930.